The van der Waals surface area contributed by atoms with E-state index in [2.05, 4.69) is 15.4 Å². The van der Waals surface area contributed by atoms with Gasteiger partial charge in [-0.3, -0.25) is 4.79 Å². The number of hydrogen-bond acceptors (Lipinski definition) is 5. The SMILES string of the molecule is CCc1c(C(=O)NCC(O)c2ccsc2)cnn1-c1ccccn1. The number of carbonyl (C=O) groups excluding carboxylic acids is 1. The van der Waals surface area contributed by atoms with Gasteiger partial charge in [0.2, 0.25) is 0 Å². The monoisotopic (exact) mass is 342 g/mol. The molecule has 3 heterocycles. The molecule has 0 aliphatic heterocycles. The van der Waals surface area contributed by atoms with Crippen LogP contribution in [0, 0.1) is 0 Å². The molecule has 3 rings (SSSR count). The van der Waals surface area contributed by atoms with Gasteiger partial charge in [0.05, 0.1) is 23.6 Å². The first-order valence-corrected chi connectivity index (χ1v) is 8.61. The Labute approximate surface area is 143 Å². The minimum Gasteiger partial charge on any atom is -0.387 e. The van der Waals surface area contributed by atoms with Crippen molar-refractivity contribution < 1.29 is 9.90 Å². The molecule has 1 amide bonds. The summed E-state index contributed by atoms with van der Waals surface area (Å²) in [7, 11) is 0. The Morgan fingerprint density at radius 3 is 2.96 bits per heavy atom. The van der Waals surface area contributed by atoms with Crippen LogP contribution < -0.4 is 5.32 Å². The molecular weight excluding hydrogens is 324 g/mol. The zero-order valence-electron chi connectivity index (χ0n) is 13.2. The molecule has 0 aromatic carbocycles. The summed E-state index contributed by atoms with van der Waals surface area (Å²) in [6.45, 7) is 2.13. The van der Waals surface area contributed by atoms with E-state index >= 15 is 0 Å². The van der Waals surface area contributed by atoms with Crippen molar-refractivity contribution in [3.05, 3.63) is 64.2 Å². The fraction of sp³-hybridized carbons (Fsp3) is 0.235. The number of pyridine rings is 1. The lowest BCUT2D eigenvalue weighted by Gasteiger charge is -2.11. The molecule has 0 bridgehead atoms. The van der Waals surface area contributed by atoms with E-state index in [4.69, 9.17) is 0 Å². The molecule has 124 valence electrons. The Morgan fingerprint density at radius 2 is 2.29 bits per heavy atom. The molecule has 24 heavy (non-hydrogen) atoms. The van der Waals surface area contributed by atoms with Gasteiger partial charge in [-0.15, -0.1) is 0 Å². The molecule has 0 fully saturated rings. The second-order valence-corrected chi connectivity index (χ2v) is 6.02. The molecule has 0 saturated carbocycles. The molecule has 3 aromatic heterocycles. The van der Waals surface area contributed by atoms with Crippen molar-refractivity contribution in [2.45, 2.75) is 19.4 Å². The highest BCUT2D eigenvalue weighted by Crippen LogP contribution is 2.17. The van der Waals surface area contributed by atoms with E-state index in [1.807, 2.05) is 41.9 Å². The van der Waals surface area contributed by atoms with Gasteiger partial charge in [0.15, 0.2) is 5.82 Å². The van der Waals surface area contributed by atoms with Crippen molar-refractivity contribution in [2.24, 2.45) is 0 Å². The van der Waals surface area contributed by atoms with E-state index in [-0.39, 0.29) is 12.5 Å². The number of carbonyl (C=O) groups is 1. The van der Waals surface area contributed by atoms with Crippen LogP contribution >= 0.6 is 11.3 Å². The van der Waals surface area contributed by atoms with Gasteiger partial charge in [0.25, 0.3) is 5.91 Å². The van der Waals surface area contributed by atoms with Crippen molar-refractivity contribution in [1.29, 1.82) is 0 Å². The highest BCUT2D eigenvalue weighted by molar-refractivity contribution is 7.07. The number of nitrogens with zero attached hydrogens (tertiary/aromatic N) is 3. The predicted molar refractivity (Wildman–Crippen MR) is 92.3 cm³/mol. The molecule has 7 heteroatoms. The number of nitrogens with one attached hydrogen (secondary N) is 1. The van der Waals surface area contributed by atoms with Crippen LogP contribution in [0.5, 0.6) is 0 Å². The quantitative estimate of drug-likeness (QED) is 0.721. The standard InChI is InChI=1S/C17H18N4O2S/c1-2-14-13(9-20-21(14)16-5-3-4-7-18-16)17(23)19-10-15(22)12-6-8-24-11-12/h3-9,11,15,22H,2,10H2,1H3,(H,19,23). The van der Waals surface area contributed by atoms with Gasteiger partial charge in [-0.1, -0.05) is 13.0 Å². The highest BCUT2D eigenvalue weighted by Gasteiger charge is 2.18. The van der Waals surface area contributed by atoms with Crippen LogP contribution in [-0.4, -0.2) is 32.3 Å². The van der Waals surface area contributed by atoms with E-state index in [0.717, 1.165) is 11.3 Å². The molecule has 0 radical (unpaired) electrons. The van der Waals surface area contributed by atoms with Gasteiger partial charge in [-0.05, 0) is 40.9 Å². The third-order valence-corrected chi connectivity index (χ3v) is 4.40. The van der Waals surface area contributed by atoms with E-state index in [0.29, 0.717) is 17.8 Å². The maximum absolute atomic E-state index is 12.4. The second-order valence-electron chi connectivity index (χ2n) is 5.24. The number of aliphatic hydroxyl groups excluding tert-OH is 1. The Hall–Kier alpha value is -2.51. The van der Waals surface area contributed by atoms with Crippen molar-refractivity contribution >= 4 is 17.2 Å². The number of thiophene rings is 1. The van der Waals surface area contributed by atoms with E-state index in [9.17, 15) is 9.90 Å². The lowest BCUT2D eigenvalue weighted by molar-refractivity contribution is 0.0915. The summed E-state index contributed by atoms with van der Waals surface area (Å²) >= 11 is 1.51. The van der Waals surface area contributed by atoms with Gasteiger partial charge < -0.3 is 10.4 Å². The summed E-state index contributed by atoms with van der Waals surface area (Å²) < 4.78 is 1.67. The van der Waals surface area contributed by atoms with Crippen LogP contribution in [0.3, 0.4) is 0 Å². The van der Waals surface area contributed by atoms with Crippen molar-refractivity contribution in [3.8, 4) is 5.82 Å². The van der Waals surface area contributed by atoms with Crippen molar-refractivity contribution in [3.63, 3.8) is 0 Å². The zero-order valence-corrected chi connectivity index (χ0v) is 14.0. The molecule has 6 nitrogen and oxygen atoms in total. The Bertz CT molecular complexity index is 799. The summed E-state index contributed by atoms with van der Waals surface area (Å²) in [5.74, 6) is 0.426. The molecule has 0 spiro atoms. The third-order valence-electron chi connectivity index (χ3n) is 3.70. The first-order chi connectivity index (χ1) is 11.7. The smallest absolute Gasteiger partial charge is 0.254 e. The van der Waals surface area contributed by atoms with Crippen LogP contribution in [0.2, 0.25) is 0 Å². The van der Waals surface area contributed by atoms with Gasteiger partial charge in [0, 0.05) is 12.7 Å². The summed E-state index contributed by atoms with van der Waals surface area (Å²) in [4.78, 5) is 16.7. The first kappa shape index (κ1) is 16.4. The molecule has 0 aliphatic rings. The topological polar surface area (TPSA) is 80.0 Å². The fourth-order valence-electron chi connectivity index (χ4n) is 2.45. The largest absolute Gasteiger partial charge is 0.387 e. The van der Waals surface area contributed by atoms with Crippen LogP contribution in [0.4, 0.5) is 0 Å². The molecular formula is C17H18N4O2S. The minimum absolute atomic E-state index is 0.160. The summed E-state index contributed by atoms with van der Waals surface area (Å²) in [6.07, 6.45) is 3.16. The molecule has 1 unspecified atom stereocenters. The summed E-state index contributed by atoms with van der Waals surface area (Å²) in [5, 5.41) is 20.9. The number of aliphatic hydroxyl groups is 1. The maximum Gasteiger partial charge on any atom is 0.254 e. The third kappa shape index (κ3) is 3.37. The lowest BCUT2D eigenvalue weighted by atomic mass is 10.1. The number of aromatic nitrogens is 3. The second kappa shape index (κ2) is 7.37. The molecule has 0 aliphatic carbocycles. The van der Waals surface area contributed by atoms with Gasteiger partial charge in [-0.2, -0.15) is 16.4 Å². The molecule has 1 atom stereocenters. The Morgan fingerprint density at radius 1 is 1.42 bits per heavy atom. The van der Waals surface area contributed by atoms with Crippen LogP contribution in [0.25, 0.3) is 5.82 Å². The van der Waals surface area contributed by atoms with Gasteiger partial charge >= 0.3 is 0 Å². The molecule has 2 N–H and O–H groups in total. The van der Waals surface area contributed by atoms with Crippen molar-refractivity contribution in [2.75, 3.05) is 6.54 Å². The van der Waals surface area contributed by atoms with Crippen molar-refractivity contribution in [1.82, 2.24) is 20.1 Å². The number of rotatable bonds is 6. The Kier molecular flexibility index (Phi) is 5.02. The van der Waals surface area contributed by atoms with E-state index in [1.54, 1.807) is 17.1 Å². The average Bonchev–Trinajstić information content (AvgIpc) is 3.29. The predicted octanol–water partition coefficient (Wildman–Crippen LogP) is 2.35. The maximum atomic E-state index is 12.4. The van der Waals surface area contributed by atoms with Gasteiger partial charge in [0.1, 0.15) is 0 Å². The van der Waals surface area contributed by atoms with Gasteiger partial charge in [-0.25, -0.2) is 9.67 Å². The van der Waals surface area contributed by atoms with Crippen LogP contribution in [-0.2, 0) is 6.42 Å². The normalized spacial score (nSPS) is 12.1. The Balaban J connectivity index is 1.74. The van der Waals surface area contributed by atoms with Crippen LogP contribution in [0.1, 0.15) is 34.6 Å². The summed E-state index contributed by atoms with van der Waals surface area (Å²) in [6, 6.07) is 7.39. The van der Waals surface area contributed by atoms with Crippen LogP contribution in [0.15, 0.2) is 47.4 Å². The first-order valence-electron chi connectivity index (χ1n) is 7.67. The average molecular weight is 342 g/mol. The lowest BCUT2D eigenvalue weighted by Crippen LogP contribution is -2.28. The zero-order chi connectivity index (χ0) is 16.9. The molecule has 0 saturated heterocycles. The molecule has 3 aromatic rings. The van der Waals surface area contributed by atoms with E-state index < -0.39 is 6.10 Å². The minimum atomic E-state index is -0.712. The summed E-state index contributed by atoms with van der Waals surface area (Å²) in [5.41, 5.74) is 2.09. The fourth-order valence-corrected chi connectivity index (χ4v) is 3.15. The highest BCUT2D eigenvalue weighted by atomic mass is 32.1. The number of hydrogen-bond donors (Lipinski definition) is 2. The number of amides is 1. The van der Waals surface area contributed by atoms with E-state index in [1.165, 1.54) is 11.3 Å².